The minimum absolute atomic E-state index is 0.00296. The van der Waals surface area contributed by atoms with Gasteiger partial charge in [0, 0.05) is 13.0 Å². The molecule has 4 heteroatoms. The molecular weight excluding hydrogens is 168 g/mol. The number of rotatable bonds is 2. The van der Waals surface area contributed by atoms with E-state index < -0.39 is 5.54 Å². The smallest absolute Gasteiger partial charge is 0.245 e. The summed E-state index contributed by atoms with van der Waals surface area (Å²) >= 11 is 0. The molecule has 0 aromatic rings. The van der Waals surface area contributed by atoms with Crippen molar-refractivity contribution in [2.45, 2.75) is 31.7 Å². The summed E-state index contributed by atoms with van der Waals surface area (Å²) in [6, 6.07) is 0. The third-order valence-corrected chi connectivity index (χ3v) is 2.96. The van der Waals surface area contributed by atoms with E-state index in [4.69, 9.17) is 0 Å². The van der Waals surface area contributed by atoms with E-state index in [0.29, 0.717) is 12.3 Å². The molecule has 3 aliphatic rings. The molecule has 2 bridgehead atoms. The van der Waals surface area contributed by atoms with E-state index in [1.54, 1.807) is 6.92 Å². The molecule has 0 spiro atoms. The first-order chi connectivity index (χ1) is 6.16. The maximum Gasteiger partial charge on any atom is 0.245 e. The van der Waals surface area contributed by atoms with Gasteiger partial charge in [0.05, 0.1) is 0 Å². The molecule has 4 nitrogen and oxygen atoms in total. The third-order valence-electron chi connectivity index (χ3n) is 2.96. The van der Waals surface area contributed by atoms with Crippen LogP contribution in [0.15, 0.2) is 0 Å². The highest BCUT2D eigenvalue weighted by Gasteiger charge is 2.54. The molecule has 3 rings (SSSR count). The number of carbonyl (C=O) groups excluding carboxylic acids is 2. The highest BCUT2D eigenvalue weighted by molar-refractivity contribution is 5.93. The summed E-state index contributed by atoms with van der Waals surface area (Å²) in [5, 5.41) is 5.61. The summed E-state index contributed by atoms with van der Waals surface area (Å²) in [7, 11) is 0. The second-order valence-electron chi connectivity index (χ2n) is 3.97. The highest BCUT2D eigenvalue weighted by atomic mass is 16.2. The van der Waals surface area contributed by atoms with Crippen molar-refractivity contribution in [3.05, 3.63) is 0 Å². The molecule has 13 heavy (non-hydrogen) atoms. The lowest BCUT2D eigenvalue weighted by Gasteiger charge is -2.51. The van der Waals surface area contributed by atoms with E-state index in [0.717, 1.165) is 19.4 Å². The largest absolute Gasteiger partial charge is 0.354 e. The molecule has 2 N–H and O–H groups in total. The van der Waals surface area contributed by atoms with Gasteiger partial charge in [0.25, 0.3) is 0 Å². The molecule has 1 aliphatic carbocycles. The summed E-state index contributed by atoms with van der Waals surface area (Å²) in [4.78, 5) is 22.6. The van der Waals surface area contributed by atoms with Crippen LogP contribution in [0.3, 0.4) is 0 Å². The van der Waals surface area contributed by atoms with E-state index in [-0.39, 0.29) is 11.8 Å². The molecule has 0 aromatic carbocycles. The molecule has 0 unspecified atom stereocenters. The molecular formula is C9H14N2O2. The molecule has 2 amide bonds. The fourth-order valence-corrected chi connectivity index (χ4v) is 2.18. The predicted octanol–water partition coefficient (Wildman–Crippen LogP) is -0.209. The fraction of sp³-hybridized carbons (Fsp3) is 0.778. The maximum absolute atomic E-state index is 11.5. The Hall–Kier alpha value is -1.06. The first-order valence-electron chi connectivity index (χ1n) is 4.75. The molecule has 0 aromatic heterocycles. The molecule has 1 saturated carbocycles. The predicted molar refractivity (Wildman–Crippen MR) is 46.9 cm³/mol. The van der Waals surface area contributed by atoms with E-state index in [1.807, 2.05) is 0 Å². The minimum atomic E-state index is -0.546. The van der Waals surface area contributed by atoms with Crippen LogP contribution < -0.4 is 10.6 Å². The van der Waals surface area contributed by atoms with Gasteiger partial charge in [-0.2, -0.15) is 0 Å². The lowest BCUT2D eigenvalue weighted by molar-refractivity contribution is -0.144. The summed E-state index contributed by atoms with van der Waals surface area (Å²) in [5.41, 5.74) is -0.546. The molecule has 3 fully saturated rings. The van der Waals surface area contributed by atoms with Crippen molar-refractivity contribution in [3.63, 3.8) is 0 Å². The second kappa shape index (κ2) is 2.72. The zero-order valence-electron chi connectivity index (χ0n) is 7.72. The summed E-state index contributed by atoms with van der Waals surface area (Å²) in [5.74, 6) is 0.544. The molecule has 0 radical (unpaired) electrons. The monoisotopic (exact) mass is 182 g/mol. The van der Waals surface area contributed by atoms with Gasteiger partial charge in [-0.25, -0.2) is 0 Å². The van der Waals surface area contributed by atoms with Crippen molar-refractivity contribution >= 4 is 11.8 Å². The quantitative estimate of drug-likeness (QED) is 0.621. The Balaban J connectivity index is 2.04. The van der Waals surface area contributed by atoms with Gasteiger partial charge in [-0.1, -0.05) is 6.92 Å². The average molecular weight is 182 g/mol. The van der Waals surface area contributed by atoms with Gasteiger partial charge in [-0.15, -0.1) is 0 Å². The van der Waals surface area contributed by atoms with Gasteiger partial charge in [0.1, 0.15) is 5.54 Å². The first kappa shape index (κ1) is 8.53. The van der Waals surface area contributed by atoms with E-state index >= 15 is 0 Å². The van der Waals surface area contributed by atoms with E-state index in [9.17, 15) is 9.59 Å². The Kier molecular flexibility index (Phi) is 1.78. The number of amides is 2. The van der Waals surface area contributed by atoms with Crippen LogP contribution in [-0.2, 0) is 9.59 Å². The van der Waals surface area contributed by atoms with Crippen LogP contribution in [0.1, 0.15) is 26.2 Å². The van der Waals surface area contributed by atoms with Crippen LogP contribution in [0.25, 0.3) is 0 Å². The molecule has 2 saturated heterocycles. The van der Waals surface area contributed by atoms with Crippen molar-refractivity contribution < 1.29 is 9.59 Å². The molecule has 0 atom stereocenters. The lowest BCUT2D eigenvalue weighted by Crippen LogP contribution is -2.71. The Labute approximate surface area is 77.1 Å². The molecule has 2 aliphatic heterocycles. The summed E-state index contributed by atoms with van der Waals surface area (Å²) in [6.45, 7) is 2.57. The Morgan fingerprint density at radius 1 is 1.69 bits per heavy atom. The van der Waals surface area contributed by atoms with Crippen molar-refractivity contribution in [1.82, 2.24) is 10.6 Å². The SMILES string of the molecule is CCC(=O)NC12CC(CNC1=O)C2. The Morgan fingerprint density at radius 2 is 2.38 bits per heavy atom. The van der Waals surface area contributed by atoms with Crippen LogP contribution in [0.5, 0.6) is 0 Å². The summed E-state index contributed by atoms with van der Waals surface area (Å²) < 4.78 is 0. The number of hydrogen-bond acceptors (Lipinski definition) is 2. The summed E-state index contributed by atoms with van der Waals surface area (Å²) in [6.07, 6.45) is 2.09. The first-order valence-corrected chi connectivity index (χ1v) is 4.75. The van der Waals surface area contributed by atoms with Gasteiger partial charge >= 0.3 is 0 Å². The Morgan fingerprint density at radius 3 is 2.92 bits per heavy atom. The zero-order chi connectivity index (χ0) is 9.47. The van der Waals surface area contributed by atoms with Gasteiger partial charge < -0.3 is 10.6 Å². The normalized spacial score (nSPS) is 36.1. The van der Waals surface area contributed by atoms with Crippen LogP contribution >= 0.6 is 0 Å². The van der Waals surface area contributed by atoms with Gasteiger partial charge in [0.15, 0.2) is 0 Å². The number of hydrogen-bond donors (Lipinski definition) is 2. The van der Waals surface area contributed by atoms with Crippen molar-refractivity contribution in [2.75, 3.05) is 6.54 Å². The van der Waals surface area contributed by atoms with Crippen LogP contribution in [0, 0.1) is 5.92 Å². The van der Waals surface area contributed by atoms with Crippen LogP contribution in [0.4, 0.5) is 0 Å². The third kappa shape index (κ3) is 1.20. The van der Waals surface area contributed by atoms with E-state index in [1.165, 1.54) is 0 Å². The van der Waals surface area contributed by atoms with Gasteiger partial charge in [0.2, 0.25) is 11.8 Å². The minimum Gasteiger partial charge on any atom is -0.354 e. The van der Waals surface area contributed by atoms with Gasteiger partial charge in [-0.3, -0.25) is 9.59 Å². The topological polar surface area (TPSA) is 58.2 Å². The standard InChI is InChI=1S/C9H14N2O2/c1-2-7(12)11-9-3-6(4-9)5-10-8(9)13/h6H,2-5H2,1H3,(H,10,13)(H,11,12). The lowest BCUT2D eigenvalue weighted by atomic mass is 9.65. The highest BCUT2D eigenvalue weighted by Crippen LogP contribution is 2.40. The van der Waals surface area contributed by atoms with Crippen LogP contribution in [-0.4, -0.2) is 23.9 Å². The number of piperidine rings is 2. The zero-order valence-corrected chi connectivity index (χ0v) is 7.72. The molecule has 72 valence electrons. The van der Waals surface area contributed by atoms with Crippen molar-refractivity contribution in [1.29, 1.82) is 0 Å². The van der Waals surface area contributed by atoms with Crippen LogP contribution in [0.2, 0.25) is 0 Å². The number of nitrogens with one attached hydrogen (secondary N) is 2. The van der Waals surface area contributed by atoms with Gasteiger partial charge in [-0.05, 0) is 18.8 Å². The fourth-order valence-electron chi connectivity index (χ4n) is 2.18. The molecule has 2 heterocycles. The maximum atomic E-state index is 11.5. The van der Waals surface area contributed by atoms with Crippen molar-refractivity contribution in [2.24, 2.45) is 5.92 Å². The second-order valence-corrected chi connectivity index (χ2v) is 3.97. The number of fused-ring (bicyclic) bond motifs is 2. The van der Waals surface area contributed by atoms with E-state index in [2.05, 4.69) is 10.6 Å². The number of carbonyl (C=O) groups is 2. The van der Waals surface area contributed by atoms with Crippen molar-refractivity contribution in [3.8, 4) is 0 Å². The Bertz CT molecular complexity index is 256. The average Bonchev–Trinajstić information content (AvgIpc) is 2.06.